The van der Waals surface area contributed by atoms with Crippen molar-refractivity contribution in [3.05, 3.63) is 45.9 Å². The Hall–Kier alpha value is -1.86. The number of aliphatic carboxylic acids is 1. The fourth-order valence-electron chi connectivity index (χ4n) is 1.93. The number of hydrogen-bond donors (Lipinski definition) is 2. The molecule has 0 radical (unpaired) electrons. The van der Waals surface area contributed by atoms with Gasteiger partial charge in [-0.25, -0.2) is 4.98 Å². The Morgan fingerprint density at radius 2 is 2.22 bits per heavy atom. The van der Waals surface area contributed by atoms with Gasteiger partial charge in [0.1, 0.15) is 4.88 Å². The highest BCUT2D eigenvalue weighted by atomic mass is 32.2. The minimum Gasteiger partial charge on any atom is -0.481 e. The molecule has 122 valence electrons. The molecule has 7 heteroatoms. The van der Waals surface area contributed by atoms with Gasteiger partial charge in [0, 0.05) is 11.4 Å². The molecule has 1 amide bonds. The number of carboxylic acid groups (broad SMARTS) is 1. The average molecular weight is 350 g/mol. The molecule has 5 nitrogen and oxygen atoms in total. The minimum absolute atomic E-state index is 0.0671. The quantitative estimate of drug-likeness (QED) is 0.759. The van der Waals surface area contributed by atoms with Crippen molar-refractivity contribution < 1.29 is 14.7 Å². The molecule has 2 aromatic rings. The van der Waals surface area contributed by atoms with Crippen LogP contribution in [0.25, 0.3) is 0 Å². The lowest BCUT2D eigenvalue weighted by molar-refractivity contribution is -0.133. The Labute approximate surface area is 143 Å². The van der Waals surface area contributed by atoms with Crippen molar-refractivity contribution in [1.29, 1.82) is 0 Å². The number of carbonyl (C=O) groups is 2. The largest absolute Gasteiger partial charge is 0.481 e. The standard InChI is InChI=1S/C16H18N2O3S2/c1-2-4-14-17-8-13(23-14)16(21)18-12-6-3-5-11(7-12)9-22-10-15(19)20/h3,5-8H,2,4,9-10H2,1H3,(H,18,21)(H,19,20). The molecule has 0 spiro atoms. The number of amides is 1. The monoisotopic (exact) mass is 350 g/mol. The Balaban J connectivity index is 1.95. The first-order valence-corrected chi connectivity index (χ1v) is 9.20. The predicted molar refractivity (Wildman–Crippen MR) is 94.3 cm³/mol. The number of carbonyl (C=O) groups excluding carboxylic acids is 1. The Bertz CT molecular complexity index is 685. The van der Waals surface area contributed by atoms with Crippen LogP contribution in [0.1, 0.15) is 33.6 Å². The van der Waals surface area contributed by atoms with Crippen molar-refractivity contribution >= 4 is 40.7 Å². The number of carboxylic acids is 1. The first-order chi connectivity index (χ1) is 11.1. The lowest BCUT2D eigenvalue weighted by Crippen LogP contribution is -2.10. The molecule has 0 unspecified atom stereocenters. The van der Waals surface area contributed by atoms with Crippen LogP contribution in [0.3, 0.4) is 0 Å². The topological polar surface area (TPSA) is 79.3 Å². The normalized spacial score (nSPS) is 10.5. The van der Waals surface area contributed by atoms with Crippen molar-refractivity contribution in [3.8, 4) is 0 Å². The van der Waals surface area contributed by atoms with Crippen molar-refractivity contribution in [2.45, 2.75) is 25.5 Å². The number of rotatable bonds is 8. The van der Waals surface area contributed by atoms with E-state index in [9.17, 15) is 9.59 Å². The molecule has 0 aliphatic heterocycles. The van der Waals surface area contributed by atoms with E-state index in [0.29, 0.717) is 16.3 Å². The highest BCUT2D eigenvalue weighted by molar-refractivity contribution is 7.99. The molecule has 2 N–H and O–H groups in total. The highest BCUT2D eigenvalue weighted by Crippen LogP contribution is 2.19. The molecule has 1 heterocycles. The van der Waals surface area contributed by atoms with Gasteiger partial charge < -0.3 is 10.4 Å². The highest BCUT2D eigenvalue weighted by Gasteiger charge is 2.11. The van der Waals surface area contributed by atoms with Gasteiger partial charge in [-0.05, 0) is 30.5 Å². The minimum atomic E-state index is -0.826. The average Bonchev–Trinajstić information content (AvgIpc) is 2.96. The van der Waals surface area contributed by atoms with E-state index in [4.69, 9.17) is 5.11 Å². The van der Waals surface area contributed by atoms with Crippen LogP contribution in [0.4, 0.5) is 5.69 Å². The lowest BCUT2D eigenvalue weighted by Gasteiger charge is -2.06. The summed E-state index contributed by atoms with van der Waals surface area (Å²) < 4.78 is 0. The Morgan fingerprint density at radius 3 is 2.96 bits per heavy atom. The van der Waals surface area contributed by atoms with E-state index in [-0.39, 0.29) is 11.7 Å². The van der Waals surface area contributed by atoms with Crippen LogP contribution in [0, 0.1) is 0 Å². The second-order valence-corrected chi connectivity index (χ2v) is 7.01. The SMILES string of the molecule is CCCc1ncc(C(=O)Nc2cccc(CSCC(=O)O)c2)s1. The zero-order valence-corrected chi connectivity index (χ0v) is 14.4. The summed E-state index contributed by atoms with van der Waals surface area (Å²) in [5.41, 5.74) is 1.68. The molecular formula is C16H18N2O3S2. The molecule has 0 atom stereocenters. The number of nitrogens with one attached hydrogen (secondary N) is 1. The smallest absolute Gasteiger partial charge is 0.313 e. The van der Waals surface area contributed by atoms with Gasteiger partial charge in [0.05, 0.1) is 17.0 Å². The van der Waals surface area contributed by atoms with Crippen molar-refractivity contribution in [2.24, 2.45) is 0 Å². The van der Waals surface area contributed by atoms with E-state index in [1.54, 1.807) is 6.20 Å². The van der Waals surface area contributed by atoms with Gasteiger partial charge in [0.25, 0.3) is 5.91 Å². The molecule has 1 aromatic carbocycles. The van der Waals surface area contributed by atoms with Crippen molar-refractivity contribution in [3.63, 3.8) is 0 Å². The number of thioether (sulfide) groups is 1. The summed E-state index contributed by atoms with van der Waals surface area (Å²) in [4.78, 5) is 27.6. The number of nitrogens with zero attached hydrogens (tertiary/aromatic N) is 1. The molecule has 0 aliphatic carbocycles. The van der Waals surface area contributed by atoms with Gasteiger partial charge in [0.15, 0.2) is 0 Å². The number of aryl methyl sites for hydroxylation is 1. The van der Waals surface area contributed by atoms with Gasteiger partial charge in [-0.1, -0.05) is 19.1 Å². The maximum absolute atomic E-state index is 12.2. The van der Waals surface area contributed by atoms with Crippen LogP contribution in [-0.2, 0) is 17.0 Å². The lowest BCUT2D eigenvalue weighted by atomic mass is 10.2. The summed E-state index contributed by atoms with van der Waals surface area (Å²) in [6.07, 6.45) is 3.50. The second kappa shape index (κ2) is 8.69. The summed E-state index contributed by atoms with van der Waals surface area (Å²) in [6.45, 7) is 2.08. The third-order valence-electron chi connectivity index (χ3n) is 2.92. The van der Waals surface area contributed by atoms with E-state index in [1.165, 1.54) is 23.1 Å². The first kappa shape index (κ1) is 17.5. The van der Waals surface area contributed by atoms with Crippen LogP contribution in [-0.4, -0.2) is 27.7 Å². The van der Waals surface area contributed by atoms with E-state index >= 15 is 0 Å². The third-order valence-corrected chi connectivity index (χ3v) is 4.96. The number of thiazole rings is 1. The molecule has 23 heavy (non-hydrogen) atoms. The van der Waals surface area contributed by atoms with E-state index in [2.05, 4.69) is 17.2 Å². The summed E-state index contributed by atoms with van der Waals surface area (Å²) >= 11 is 2.74. The number of hydrogen-bond acceptors (Lipinski definition) is 5. The van der Waals surface area contributed by atoms with E-state index in [0.717, 1.165) is 23.4 Å². The van der Waals surface area contributed by atoms with Crippen molar-refractivity contribution in [1.82, 2.24) is 4.98 Å². The third kappa shape index (κ3) is 5.69. The number of anilines is 1. The summed E-state index contributed by atoms with van der Waals surface area (Å²) in [5.74, 6) is -0.331. The molecule has 0 aliphatic rings. The van der Waals surface area contributed by atoms with Crippen molar-refractivity contribution in [2.75, 3.05) is 11.1 Å². The fourth-order valence-corrected chi connectivity index (χ4v) is 3.54. The van der Waals surface area contributed by atoms with Gasteiger partial charge in [0.2, 0.25) is 0 Å². The van der Waals surface area contributed by atoms with Crippen LogP contribution in [0.2, 0.25) is 0 Å². The van der Waals surface area contributed by atoms with E-state index < -0.39 is 5.97 Å². The van der Waals surface area contributed by atoms with Gasteiger partial charge >= 0.3 is 5.97 Å². The molecule has 1 aromatic heterocycles. The molecule has 0 saturated heterocycles. The fraction of sp³-hybridized carbons (Fsp3) is 0.312. The maximum Gasteiger partial charge on any atom is 0.313 e. The van der Waals surface area contributed by atoms with Crippen LogP contribution >= 0.6 is 23.1 Å². The maximum atomic E-state index is 12.2. The predicted octanol–water partition coefficient (Wildman–Crippen LogP) is 3.67. The van der Waals surface area contributed by atoms with Crippen LogP contribution in [0.5, 0.6) is 0 Å². The molecular weight excluding hydrogens is 332 g/mol. The zero-order chi connectivity index (χ0) is 16.7. The Kier molecular flexibility index (Phi) is 6.61. The zero-order valence-electron chi connectivity index (χ0n) is 12.7. The van der Waals surface area contributed by atoms with Gasteiger partial charge in [-0.15, -0.1) is 23.1 Å². The second-order valence-electron chi connectivity index (χ2n) is 4.91. The summed E-state index contributed by atoms with van der Waals surface area (Å²) in [5, 5.41) is 12.5. The molecule has 0 bridgehead atoms. The van der Waals surface area contributed by atoms with Gasteiger partial charge in [-0.2, -0.15) is 0 Å². The molecule has 2 rings (SSSR count). The molecule has 0 fully saturated rings. The van der Waals surface area contributed by atoms with Crippen LogP contribution in [0.15, 0.2) is 30.5 Å². The summed E-state index contributed by atoms with van der Waals surface area (Å²) in [6, 6.07) is 7.44. The summed E-state index contributed by atoms with van der Waals surface area (Å²) in [7, 11) is 0. The Morgan fingerprint density at radius 1 is 1.39 bits per heavy atom. The van der Waals surface area contributed by atoms with Gasteiger partial charge in [-0.3, -0.25) is 9.59 Å². The van der Waals surface area contributed by atoms with Crippen LogP contribution < -0.4 is 5.32 Å². The number of aromatic nitrogens is 1. The number of benzene rings is 1. The van der Waals surface area contributed by atoms with E-state index in [1.807, 2.05) is 24.3 Å². The molecule has 0 saturated carbocycles. The first-order valence-electron chi connectivity index (χ1n) is 7.23.